The monoisotopic (exact) mass is 331 g/mol. The zero-order chi connectivity index (χ0) is 15.6. The Hall–Kier alpha value is -1.15. The Morgan fingerprint density at radius 3 is 2.33 bits per heavy atom. The smallest absolute Gasteiger partial charge is 0.281 e. The third-order valence-electron chi connectivity index (χ3n) is 3.39. The lowest BCUT2D eigenvalue weighted by atomic mass is 10.2. The van der Waals surface area contributed by atoms with E-state index in [9.17, 15) is 13.2 Å². The number of carbonyl (C=O) groups is 1. The second-order valence-corrected chi connectivity index (χ2v) is 7.57. The quantitative estimate of drug-likeness (QED) is 0.827. The molecule has 1 aromatic carbocycles. The minimum Gasteiger partial charge on any atom is -0.336 e. The molecule has 0 radical (unpaired) electrons. The zero-order valence-corrected chi connectivity index (χ0v) is 13.6. The Kier molecular flexibility index (Phi) is 4.88. The molecule has 0 unspecified atom stereocenters. The molecular formula is C13H18ClN3O3S. The summed E-state index contributed by atoms with van der Waals surface area (Å²) in [4.78, 5) is 14.0. The molecule has 0 saturated carbocycles. The number of carbonyl (C=O) groups excluding carboxylic acids is 1. The van der Waals surface area contributed by atoms with Crippen LogP contribution in [0.4, 0.5) is 0 Å². The first-order valence-corrected chi connectivity index (χ1v) is 8.32. The van der Waals surface area contributed by atoms with Gasteiger partial charge in [0.15, 0.2) is 0 Å². The molecule has 0 N–H and O–H groups in total. The van der Waals surface area contributed by atoms with Crippen LogP contribution >= 0.6 is 11.6 Å². The highest BCUT2D eigenvalue weighted by molar-refractivity contribution is 7.86. The van der Waals surface area contributed by atoms with Crippen LogP contribution in [-0.4, -0.2) is 68.1 Å². The Bertz CT molecular complexity index is 625. The predicted molar refractivity (Wildman–Crippen MR) is 81.5 cm³/mol. The van der Waals surface area contributed by atoms with Gasteiger partial charge in [-0.05, 0) is 18.2 Å². The number of nitrogens with zero attached hydrogens (tertiary/aromatic N) is 3. The Morgan fingerprint density at radius 2 is 1.81 bits per heavy atom. The van der Waals surface area contributed by atoms with E-state index in [1.807, 2.05) is 0 Å². The summed E-state index contributed by atoms with van der Waals surface area (Å²) in [7, 11) is -0.415. The fraction of sp³-hybridized carbons (Fsp3) is 0.462. The molecule has 8 heteroatoms. The lowest BCUT2D eigenvalue weighted by Crippen LogP contribution is -2.53. The van der Waals surface area contributed by atoms with Crippen molar-refractivity contribution in [3.8, 4) is 0 Å². The Balaban J connectivity index is 2.03. The van der Waals surface area contributed by atoms with Gasteiger partial charge in [-0.25, -0.2) is 0 Å². The van der Waals surface area contributed by atoms with E-state index in [0.717, 1.165) is 0 Å². The van der Waals surface area contributed by atoms with Gasteiger partial charge in [0.25, 0.3) is 16.1 Å². The highest BCUT2D eigenvalue weighted by Crippen LogP contribution is 2.15. The number of hydrogen-bond donors (Lipinski definition) is 0. The average molecular weight is 332 g/mol. The zero-order valence-electron chi connectivity index (χ0n) is 12.0. The highest BCUT2D eigenvalue weighted by Gasteiger charge is 2.30. The molecule has 1 saturated heterocycles. The van der Waals surface area contributed by atoms with Gasteiger partial charge in [-0.1, -0.05) is 17.7 Å². The molecular weight excluding hydrogens is 314 g/mol. The molecule has 0 spiro atoms. The SMILES string of the molecule is CN(C)S(=O)(=O)N1CCN(C(=O)c2cccc(Cl)c2)CC1. The second kappa shape index (κ2) is 6.31. The van der Waals surface area contributed by atoms with Crippen LogP contribution in [0.5, 0.6) is 0 Å². The third-order valence-corrected chi connectivity index (χ3v) is 5.56. The maximum atomic E-state index is 12.3. The van der Waals surface area contributed by atoms with Crippen molar-refractivity contribution in [2.24, 2.45) is 0 Å². The van der Waals surface area contributed by atoms with E-state index >= 15 is 0 Å². The summed E-state index contributed by atoms with van der Waals surface area (Å²) in [5, 5.41) is 0.509. The van der Waals surface area contributed by atoms with Crippen LogP contribution in [0, 0.1) is 0 Å². The van der Waals surface area contributed by atoms with Gasteiger partial charge < -0.3 is 4.90 Å². The summed E-state index contributed by atoms with van der Waals surface area (Å²) < 4.78 is 26.6. The topological polar surface area (TPSA) is 60.9 Å². The van der Waals surface area contributed by atoms with Crippen molar-refractivity contribution in [3.05, 3.63) is 34.9 Å². The van der Waals surface area contributed by atoms with Crippen molar-refractivity contribution in [1.82, 2.24) is 13.5 Å². The number of halogens is 1. The van der Waals surface area contributed by atoms with Crippen molar-refractivity contribution in [3.63, 3.8) is 0 Å². The molecule has 2 rings (SSSR count). The molecule has 1 aliphatic heterocycles. The van der Waals surface area contributed by atoms with Crippen LogP contribution in [-0.2, 0) is 10.2 Å². The first-order chi connectivity index (χ1) is 9.82. The summed E-state index contributed by atoms with van der Waals surface area (Å²) in [6, 6.07) is 6.76. The number of benzene rings is 1. The van der Waals surface area contributed by atoms with Gasteiger partial charge in [-0.3, -0.25) is 4.79 Å². The molecule has 1 aromatic rings. The van der Waals surface area contributed by atoms with Crippen LogP contribution in [0.2, 0.25) is 5.02 Å². The fourth-order valence-corrected chi connectivity index (χ4v) is 3.43. The normalized spacial score (nSPS) is 17.2. The Labute approximate surface area is 130 Å². The number of amides is 1. The summed E-state index contributed by atoms with van der Waals surface area (Å²) in [5.74, 6) is -0.126. The minimum atomic E-state index is -3.41. The van der Waals surface area contributed by atoms with Crippen molar-refractivity contribution >= 4 is 27.7 Å². The lowest BCUT2D eigenvalue weighted by molar-refractivity contribution is 0.0695. The number of rotatable bonds is 3. The first kappa shape index (κ1) is 16.2. The third kappa shape index (κ3) is 3.55. The molecule has 1 heterocycles. The first-order valence-electron chi connectivity index (χ1n) is 6.55. The van der Waals surface area contributed by atoms with E-state index in [2.05, 4.69) is 0 Å². The highest BCUT2D eigenvalue weighted by atomic mass is 35.5. The fourth-order valence-electron chi connectivity index (χ4n) is 2.16. The van der Waals surface area contributed by atoms with Crippen LogP contribution in [0.15, 0.2) is 24.3 Å². The van der Waals surface area contributed by atoms with Crippen molar-refractivity contribution in [1.29, 1.82) is 0 Å². The van der Waals surface area contributed by atoms with Gasteiger partial charge in [0.1, 0.15) is 0 Å². The van der Waals surface area contributed by atoms with Crippen molar-refractivity contribution < 1.29 is 13.2 Å². The van der Waals surface area contributed by atoms with Gasteiger partial charge >= 0.3 is 0 Å². The summed E-state index contributed by atoms with van der Waals surface area (Å²) in [5.41, 5.74) is 0.520. The molecule has 0 aromatic heterocycles. The molecule has 21 heavy (non-hydrogen) atoms. The lowest BCUT2D eigenvalue weighted by Gasteiger charge is -2.35. The van der Waals surface area contributed by atoms with E-state index in [1.54, 1.807) is 29.2 Å². The molecule has 1 amide bonds. The van der Waals surface area contributed by atoms with Crippen LogP contribution in [0.25, 0.3) is 0 Å². The van der Waals surface area contributed by atoms with Crippen LogP contribution in [0.3, 0.4) is 0 Å². The van der Waals surface area contributed by atoms with Gasteiger partial charge in [-0.15, -0.1) is 0 Å². The van der Waals surface area contributed by atoms with Gasteiger partial charge in [0, 0.05) is 50.9 Å². The van der Waals surface area contributed by atoms with Crippen LogP contribution in [0.1, 0.15) is 10.4 Å². The molecule has 6 nitrogen and oxygen atoms in total. The van der Waals surface area contributed by atoms with Crippen molar-refractivity contribution in [2.75, 3.05) is 40.3 Å². The van der Waals surface area contributed by atoms with Crippen LogP contribution < -0.4 is 0 Å². The average Bonchev–Trinajstić information content (AvgIpc) is 2.46. The molecule has 1 fully saturated rings. The van der Waals surface area contributed by atoms with E-state index in [0.29, 0.717) is 36.8 Å². The number of hydrogen-bond acceptors (Lipinski definition) is 3. The van der Waals surface area contributed by atoms with E-state index in [4.69, 9.17) is 11.6 Å². The maximum Gasteiger partial charge on any atom is 0.281 e. The van der Waals surface area contributed by atoms with E-state index in [1.165, 1.54) is 22.7 Å². The maximum absolute atomic E-state index is 12.3. The summed E-state index contributed by atoms with van der Waals surface area (Å²) >= 11 is 5.88. The van der Waals surface area contributed by atoms with Gasteiger partial charge in [0.2, 0.25) is 0 Å². The molecule has 0 atom stereocenters. The standard InChI is InChI=1S/C13H18ClN3O3S/c1-15(2)21(19,20)17-8-6-16(7-9-17)13(18)11-4-3-5-12(14)10-11/h3-5,10H,6-9H2,1-2H3. The Morgan fingerprint density at radius 1 is 1.19 bits per heavy atom. The summed E-state index contributed by atoms with van der Waals surface area (Å²) in [6.45, 7) is 1.34. The molecule has 0 bridgehead atoms. The predicted octanol–water partition coefficient (Wildman–Crippen LogP) is 0.904. The minimum absolute atomic E-state index is 0.126. The molecule has 116 valence electrons. The largest absolute Gasteiger partial charge is 0.336 e. The van der Waals surface area contributed by atoms with Crippen molar-refractivity contribution in [2.45, 2.75) is 0 Å². The molecule has 1 aliphatic rings. The van der Waals surface area contributed by atoms with E-state index < -0.39 is 10.2 Å². The second-order valence-electron chi connectivity index (χ2n) is 4.99. The van der Waals surface area contributed by atoms with Gasteiger partial charge in [-0.2, -0.15) is 17.0 Å². The van der Waals surface area contributed by atoms with E-state index in [-0.39, 0.29) is 5.91 Å². The molecule has 0 aliphatic carbocycles. The summed E-state index contributed by atoms with van der Waals surface area (Å²) in [6.07, 6.45) is 0. The number of piperazine rings is 1. The van der Waals surface area contributed by atoms with Gasteiger partial charge in [0.05, 0.1) is 0 Å².